The predicted octanol–water partition coefficient (Wildman–Crippen LogP) is 32.2. The Bertz CT molecular complexity index is 7800. The summed E-state index contributed by atoms with van der Waals surface area (Å²) in [5, 5.41) is 12.9. The van der Waals surface area contributed by atoms with Gasteiger partial charge in [0.1, 0.15) is 0 Å². The molecule has 10 heteroatoms. The first-order chi connectivity index (χ1) is 64.1. The molecule has 5 heterocycles. The second kappa shape index (κ2) is 39.2. The molecule has 22 rings (SSSR count). The van der Waals surface area contributed by atoms with Gasteiger partial charge in [0.25, 0.3) is 0 Å². The largest absolute Gasteiger partial charge is 0.236 e. The zero-order valence-corrected chi connectivity index (χ0v) is 75.5. The molecule has 0 unspecified atom stereocenters. The summed E-state index contributed by atoms with van der Waals surface area (Å²) in [6.07, 6.45) is 1.94. The van der Waals surface area contributed by atoms with Crippen LogP contribution in [0.2, 0.25) is 0 Å². The Morgan fingerprint density at radius 3 is 0.939 bits per heavy atom. The molecule has 0 amide bonds. The molecule has 0 saturated heterocycles. The Morgan fingerprint density at radius 2 is 0.481 bits per heavy atom. The van der Waals surface area contributed by atoms with E-state index in [4.69, 9.17) is 39.9 Å². The first kappa shape index (κ1) is 86.0. The Balaban J connectivity index is 0.000000111. The van der Waals surface area contributed by atoms with E-state index in [1.54, 1.807) is 0 Å². The number of fused-ring (bicyclic) bond motifs is 8. The fourth-order valence-electron chi connectivity index (χ4n) is 17.4. The summed E-state index contributed by atoms with van der Waals surface area (Å²) in [6, 6.07) is 138. The number of aromatic nitrogens is 10. The molecule has 17 aromatic carbocycles. The van der Waals surface area contributed by atoms with E-state index < -0.39 is 0 Å². The highest BCUT2D eigenvalue weighted by Crippen LogP contribution is 2.42. The summed E-state index contributed by atoms with van der Waals surface area (Å²) >= 11 is 0. The summed E-state index contributed by atoms with van der Waals surface area (Å²) in [4.78, 5) is 49.3. The van der Waals surface area contributed by atoms with Crippen LogP contribution in [0.5, 0.6) is 0 Å². The molecule has 22 aromatic rings. The van der Waals surface area contributed by atoms with Crippen LogP contribution in [0.15, 0.2) is 407 Å². The smallest absolute Gasteiger partial charge is 0.160 e. The fraction of sp³-hybridized carbons (Fsp3) is 0.124. The number of nitrogens with zero attached hydrogens (tertiary/aromatic N) is 10. The second-order valence-electron chi connectivity index (χ2n) is 34.6. The highest BCUT2D eigenvalue weighted by atomic mass is 14.9. The normalized spacial score (nSPS) is 11.3. The minimum absolute atomic E-state index is 0.387. The van der Waals surface area contributed by atoms with Crippen LogP contribution >= 0.6 is 0 Å². The van der Waals surface area contributed by atoms with Crippen LogP contribution in [0.4, 0.5) is 0 Å². The van der Waals surface area contributed by atoms with Gasteiger partial charge < -0.3 is 0 Å². The summed E-state index contributed by atoms with van der Waals surface area (Å²) in [7, 11) is 0. The summed E-state index contributed by atoms with van der Waals surface area (Å²) in [5.41, 5.74) is 25.2. The van der Waals surface area contributed by atoms with E-state index in [0.29, 0.717) is 29.6 Å². The van der Waals surface area contributed by atoms with Crippen molar-refractivity contribution in [3.63, 3.8) is 0 Å². The van der Waals surface area contributed by atoms with Gasteiger partial charge >= 0.3 is 0 Å². The van der Waals surface area contributed by atoms with Crippen LogP contribution in [-0.2, 0) is 0 Å². The Hall–Kier alpha value is -15.8. The molecule has 0 aliphatic rings. The first-order valence-electron chi connectivity index (χ1n) is 45.4. The standard InChI is InChI=1S/3C27H22N2.C23H20N2.C17H16N2/c1-18(2)21-15-9-17-24-25(21)28-27(20-11-4-3-5-12-20)29-26(24)23-16-8-13-19-10-6-7-14-22(19)23;1-18(2)23-13-8-14-24-25(23)26(20-10-4-3-5-11-20)29-27(28-24)22-16-15-19-9-6-7-12-21(19)17-22;1-18(2)23-13-8-14-24-25(20-10-4-3-5-11-20)28-27(29-26(23)24)22-16-15-19-9-6-7-12-21(19)17-22;1-16(2)19-14-9-15-20-21(19)22(17-10-5-3-6-11-17)25-23(24-20)18-12-7-4-8-13-18;1-12(2)14-9-6-10-16-15(14)11-18-17(19-16)13-7-4-3-5-8-13/h3*3-18H,1-2H3;3-16H,1-2H3;3-12H,1-2H3. The molecule has 636 valence electrons. The molecule has 0 aliphatic heterocycles. The molecule has 0 atom stereocenters. The number of para-hydroxylation sites is 2. The Morgan fingerprint density at radius 1 is 0.176 bits per heavy atom. The number of hydrogen-bond acceptors (Lipinski definition) is 10. The lowest BCUT2D eigenvalue weighted by molar-refractivity contribution is 0.872. The van der Waals surface area contributed by atoms with Crippen LogP contribution in [0.3, 0.4) is 0 Å². The molecular weight excluding hydrogens is 1590 g/mol. The Labute approximate surface area is 766 Å². The van der Waals surface area contributed by atoms with Gasteiger partial charge in [0, 0.05) is 83.2 Å². The van der Waals surface area contributed by atoms with Crippen LogP contribution in [0.1, 0.15) is 127 Å². The molecule has 0 saturated carbocycles. The van der Waals surface area contributed by atoms with Crippen molar-refractivity contribution in [2.45, 2.75) is 98.8 Å². The minimum atomic E-state index is 0.387. The highest BCUT2D eigenvalue weighted by Gasteiger charge is 2.23. The first-order valence-corrected chi connectivity index (χ1v) is 45.4. The van der Waals surface area contributed by atoms with Gasteiger partial charge in [-0.1, -0.05) is 439 Å². The molecule has 0 spiro atoms. The maximum absolute atomic E-state index is 5.08. The van der Waals surface area contributed by atoms with Gasteiger partial charge in [-0.15, -0.1) is 0 Å². The SMILES string of the molecule is CC(C)c1cccc2c(-c3cccc4ccccc34)nc(-c3ccccc3)nc12.CC(C)c1cccc2c(-c3ccccc3)nc(-c3ccc4ccccc4c3)nc12.CC(C)c1cccc2nc(-c3ccc4ccccc4c3)nc(-c3ccccc3)c12.CC(C)c1cccc2nc(-c3ccccc3)nc(-c3ccccc3)c12.CC(C)c1cccc2nc(-c3ccccc3)ncc12. The van der Waals surface area contributed by atoms with Gasteiger partial charge in [0.2, 0.25) is 0 Å². The second-order valence-corrected chi connectivity index (χ2v) is 34.6. The third kappa shape index (κ3) is 18.9. The average Bonchev–Trinajstić information content (AvgIpc) is 0.791. The molecule has 10 nitrogen and oxygen atoms in total. The monoisotopic (exact) mass is 1690 g/mol. The summed E-state index contributed by atoms with van der Waals surface area (Å²) < 4.78 is 0. The zero-order valence-electron chi connectivity index (χ0n) is 75.5. The zero-order chi connectivity index (χ0) is 89.9. The van der Waals surface area contributed by atoms with Crippen molar-refractivity contribution in [1.29, 1.82) is 0 Å². The fourth-order valence-corrected chi connectivity index (χ4v) is 17.4. The third-order valence-electron chi connectivity index (χ3n) is 24.1. The number of hydrogen-bond donors (Lipinski definition) is 0. The van der Waals surface area contributed by atoms with Crippen LogP contribution in [0.25, 0.3) is 189 Å². The van der Waals surface area contributed by atoms with Gasteiger partial charge in [-0.2, -0.15) is 0 Å². The van der Waals surface area contributed by atoms with E-state index in [2.05, 4.69) is 395 Å². The lowest BCUT2D eigenvalue weighted by Gasteiger charge is -2.15. The van der Waals surface area contributed by atoms with Crippen molar-refractivity contribution < 1.29 is 0 Å². The molecule has 5 aromatic heterocycles. The van der Waals surface area contributed by atoms with Crippen LogP contribution < -0.4 is 0 Å². The molecular formula is C121H102N10. The summed E-state index contributed by atoms with van der Waals surface area (Å²) in [6.45, 7) is 22.1. The van der Waals surface area contributed by atoms with Gasteiger partial charge in [0.05, 0.1) is 50.4 Å². The van der Waals surface area contributed by atoms with E-state index >= 15 is 0 Å². The van der Waals surface area contributed by atoms with Crippen molar-refractivity contribution in [1.82, 2.24) is 49.8 Å². The maximum Gasteiger partial charge on any atom is 0.160 e. The molecule has 0 radical (unpaired) electrons. The van der Waals surface area contributed by atoms with Crippen molar-refractivity contribution in [3.05, 3.63) is 434 Å². The maximum atomic E-state index is 5.08. The lowest BCUT2D eigenvalue weighted by atomic mass is 9.94. The van der Waals surface area contributed by atoms with Gasteiger partial charge in [0.15, 0.2) is 29.1 Å². The topological polar surface area (TPSA) is 129 Å². The highest BCUT2D eigenvalue weighted by molar-refractivity contribution is 6.05. The van der Waals surface area contributed by atoms with E-state index in [1.165, 1.54) is 60.1 Å². The van der Waals surface area contributed by atoms with Gasteiger partial charge in [-0.05, 0) is 120 Å². The van der Waals surface area contributed by atoms with Crippen LogP contribution in [-0.4, -0.2) is 49.8 Å². The molecule has 0 N–H and O–H groups in total. The third-order valence-corrected chi connectivity index (χ3v) is 24.1. The van der Waals surface area contributed by atoms with E-state index in [9.17, 15) is 0 Å². The van der Waals surface area contributed by atoms with Gasteiger partial charge in [-0.3, -0.25) is 0 Å². The van der Waals surface area contributed by atoms with Crippen LogP contribution in [0, 0.1) is 0 Å². The van der Waals surface area contributed by atoms with Gasteiger partial charge in [-0.25, -0.2) is 49.8 Å². The molecule has 0 bridgehead atoms. The molecule has 0 aliphatic carbocycles. The van der Waals surface area contributed by atoms with E-state index in [-0.39, 0.29) is 0 Å². The quantitative estimate of drug-likeness (QED) is 0.104. The van der Waals surface area contributed by atoms with Crippen molar-refractivity contribution in [3.8, 4) is 102 Å². The Kier molecular flexibility index (Phi) is 25.7. The van der Waals surface area contributed by atoms with E-state index in [0.717, 1.165) is 156 Å². The van der Waals surface area contributed by atoms with Crippen molar-refractivity contribution in [2.24, 2.45) is 0 Å². The minimum Gasteiger partial charge on any atom is -0.236 e. The molecule has 0 fully saturated rings. The predicted molar refractivity (Wildman–Crippen MR) is 550 cm³/mol. The lowest BCUT2D eigenvalue weighted by Crippen LogP contribution is -1.99. The number of benzene rings is 17. The average molecular weight is 1700 g/mol. The van der Waals surface area contributed by atoms with Crippen molar-refractivity contribution in [2.75, 3.05) is 0 Å². The van der Waals surface area contributed by atoms with Crippen molar-refractivity contribution >= 4 is 86.8 Å². The molecule has 131 heavy (non-hydrogen) atoms. The van der Waals surface area contributed by atoms with E-state index in [1.807, 2.05) is 91.1 Å². The summed E-state index contributed by atoms with van der Waals surface area (Å²) in [5.74, 6) is 5.94. The number of rotatable bonds is 14.